The molecule has 3 aromatic heterocycles. The molecule has 0 radical (unpaired) electrons. The second-order valence-electron chi connectivity index (χ2n) is 11.6. The molecule has 16 heteroatoms. The van der Waals surface area contributed by atoms with Crippen LogP contribution in [0.1, 0.15) is 36.8 Å². The van der Waals surface area contributed by atoms with Crippen molar-refractivity contribution in [2.75, 3.05) is 31.6 Å². The minimum atomic E-state index is -5.10. The van der Waals surface area contributed by atoms with Crippen LogP contribution in [0.4, 0.5) is 32.6 Å². The first kappa shape index (κ1) is 32.6. The van der Waals surface area contributed by atoms with E-state index < -0.39 is 56.5 Å². The Morgan fingerprint density at radius 3 is 2.45 bits per heavy atom. The van der Waals surface area contributed by atoms with Gasteiger partial charge in [-0.25, -0.2) is 35.9 Å². The largest absolute Gasteiger partial charge is 0.418 e. The maximum Gasteiger partial charge on any atom is 0.418 e. The minimum Gasteiger partial charge on any atom is -0.378 e. The Morgan fingerprint density at radius 1 is 1.04 bits per heavy atom. The van der Waals surface area contributed by atoms with E-state index >= 15 is 4.39 Å². The summed E-state index contributed by atoms with van der Waals surface area (Å²) in [4.78, 5) is 22.1. The number of anilines is 1. The molecule has 0 spiro atoms. The maximum atomic E-state index is 15.3. The first-order valence-corrected chi connectivity index (χ1v) is 16.4. The molecular formula is C31H31F5N6O4S. The second-order valence-corrected chi connectivity index (χ2v) is 13.5. The third-order valence-corrected chi connectivity index (χ3v) is 10.00. The number of hydrogen-bond acceptors (Lipinski definition) is 7. The fourth-order valence-electron chi connectivity index (χ4n) is 5.94. The van der Waals surface area contributed by atoms with Crippen molar-refractivity contribution in [3.63, 3.8) is 0 Å². The van der Waals surface area contributed by atoms with Crippen molar-refractivity contribution in [1.29, 1.82) is 0 Å². The van der Waals surface area contributed by atoms with Crippen LogP contribution in [-0.2, 0) is 20.9 Å². The Hall–Kier alpha value is -4.31. The molecule has 1 saturated heterocycles. The van der Waals surface area contributed by atoms with Gasteiger partial charge >= 0.3 is 12.2 Å². The van der Waals surface area contributed by atoms with Gasteiger partial charge in [0.2, 0.25) is 0 Å². The van der Waals surface area contributed by atoms with Crippen LogP contribution < -0.4 is 10.6 Å². The Morgan fingerprint density at radius 2 is 1.74 bits per heavy atom. The summed E-state index contributed by atoms with van der Waals surface area (Å²) in [6, 6.07) is 5.95. The Balaban J connectivity index is 1.37. The number of amides is 2. The first-order valence-electron chi connectivity index (χ1n) is 15.0. The van der Waals surface area contributed by atoms with Crippen molar-refractivity contribution in [3.05, 3.63) is 71.6 Å². The molecule has 1 aliphatic carbocycles. The third kappa shape index (κ3) is 6.74. The number of nitrogens with one attached hydrogen (secondary N) is 2. The molecule has 1 saturated carbocycles. The lowest BCUT2D eigenvalue weighted by atomic mass is 9.91. The van der Waals surface area contributed by atoms with Crippen LogP contribution in [0.15, 0.2) is 53.7 Å². The quantitative estimate of drug-likeness (QED) is 0.251. The fourth-order valence-corrected chi connectivity index (χ4v) is 7.26. The molecule has 2 aliphatic rings. The summed E-state index contributed by atoms with van der Waals surface area (Å²) in [5.41, 5.74) is -2.24. The molecule has 10 nitrogen and oxygen atoms in total. The van der Waals surface area contributed by atoms with Gasteiger partial charge < -0.3 is 20.3 Å². The number of rotatable bonds is 6. The number of aromatic nitrogens is 3. The number of hydrogen-bond donors (Lipinski definition) is 2. The number of carbonyl (C=O) groups excluding carboxylic acids is 1. The van der Waals surface area contributed by atoms with Crippen molar-refractivity contribution >= 4 is 32.9 Å². The minimum absolute atomic E-state index is 0.171. The van der Waals surface area contributed by atoms with E-state index in [1.54, 1.807) is 24.0 Å². The van der Waals surface area contributed by atoms with Crippen LogP contribution in [0.25, 0.3) is 22.3 Å². The van der Waals surface area contributed by atoms with E-state index in [0.29, 0.717) is 56.0 Å². The van der Waals surface area contributed by atoms with Gasteiger partial charge in [-0.2, -0.15) is 13.2 Å². The van der Waals surface area contributed by atoms with Crippen molar-refractivity contribution in [3.8, 4) is 11.3 Å². The van der Waals surface area contributed by atoms with Gasteiger partial charge in [-0.15, -0.1) is 0 Å². The summed E-state index contributed by atoms with van der Waals surface area (Å²) in [6.07, 6.45) is -1.26. The van der Waals surface area contributed by atoms with Gasteiger partial charge in [-0.3, -0.25) is 0 Å². The molecule has 4 aromatic rings. The Bertz CT molecular complexity index is 1910. The van der Waals surface area contributed by atoms with E-state index in [2.05, 4.69) is 20.6 Å². The second kappa shape index (κ2) is 12.7. The van der Waals surface area contributed by atoms with Crippen LogP contribution >= 0.6 is 0 Å². The number of pyridine rings is 2. The molecular weight excluding hydrogens is 647 g/mol. The highest BCUT2D eigenvalue weighted by Gasteiger charge is 2.38. The fraction of sp³-hybridized carbons (Fsp3) is 0.387. The number of carbonyl (C=O) groups is 1. The molecule has 4 heterocycles. The van der Waals surface area contributed by atoms with E-state index in [-0.39, 0.29) is 34.1 Å². The lowest BCUT2D eigenvalue weighted by molar-refractivity contribution is -0.137. The normalized spacial score (nSPS) is 19.1. The number of fused-ring (bicyclic) bond motifs is 1. The molecule has 250 valence electrons. The summed E-state index contributed by atoms with van der Waals surface area (Å²) in [6.45, 7) is 3.52. The zero-order chi connectivity index (χ0) is 33.5. The summed E-state index contributed by atoms with van der Waals surface area (Å²) in [7, 11) is -4.41. The van der Waals surface area contributed by atoms with E-state index in [0.717, 1.165) is 24.0 Å². The van der Waals surface area contributed by atoms with Crippen LogP contribution in [0.5, 0.6) is 0 Å². The highest BCUT2D eigenvalue weighted by atomic mass is 32.2. The molecule has 0 unspecified atom stereocenters. The number of nitrogens with zero attached hydrogens (tertiary/aromatic N) is 4. The van der Waals surface area contributed by atoms with Gasteiger partial charge in [0.15, 0.2) is 17.3 Å². The van der Waals surface area contributed by atoms with Gasteiger partial charge in [0, 0.05) is 42.3 Å². The summed E-state index contributed by atoms with van der Waals surface area (Å²) in [5, 5.41) is 5.60. The lowest BCUT2D eigenvalue weighted by Crippen LogP contribution is -2.51. The topological polar surface area (TPSA) is 118 Å². The summed E-state index contributed by atoms with van der Waals surface area (Å²) >= 11 is 0. The van der Waals surface area contributed by atoms with Crippen LogP contribution in [0.3, 0.4) is 0 Å². The zero-order valence-corrected chi connectivity index (χ0v) is 26.0. The number of morpholine rings is 1. The SMILES string of the molecule is Cc1ccc(S(=O)(=O)n2cc(-c3nc(N[C@@H]4CCC[C@H](NC(=O)N5CCOCC5)C4)c(F)cc3C(F)(F)F)c3cc(F)cnc32)cc1. The number of benzene rings is 1. The molecule has 6 rings (SSSR count). The van der Waals surface area contributed by atoms with Gasteiger partial charge in [-0.05, 0) is 56.9 Å². The van der Waals surface area contributed by atoms with Crippen molar-refractivity contribution in [2.24, 2.45) is 0 Å². The average molecular weight is 679 g/mol. The standard InChI is InChI=1S/C31H31F5N6O4S/c1-18-5-7-22(8-6-18)47(44,45)42-17-24(23-13-19(32)16-37-29(23)42)27-25(31(34,35)36)15-26(33)28(40-27)38-20-3-2-4-21(14-20)39-30(43)41-9-11-46-12-10-41/h5-8,13,15-17,20-21H,2-4,9-12,14H2,1H3,(H,38,40)(H,39,43)/t20-,21+/m1/s1. The number of alkyl halides is 3. The average Bonchev–Trinajstić information content (AvgIpc) is 3.41. The number of urea groups is 1. The number of ether oxygens (including phenoxy) is 1. The molecule has 47 heavy (non-hydrogen) atoms. The van der Waals surface area contributed by atoms with Gasteiger partial charge in [0.05, 0.1) is 35.6 Å². The number of halogens is 5. The van der Waals surface area contributed by atoms with Gasteiger partial charge in [0.1, 0.15) is 5.82 Å². The smallest absolute Gasteiger partial charge is 0.378 e. The first-order chi connectivity index (χ1) is 22.3. The van der Waals surface area contributed by atoms with E-state index in [4.69, 9.17) is 4.74 Å². The maximum absolute atomic E-state index is 15.3. The summed E-state index contributed by atoms with van der Waals surface area (Å²) < 4.78 is 106. The highest BCUT2D eigenvalue weighted by Crippen LogP contribution is 2.41. The Kier molecular flexibility index (Phi) is 8.82. The molecule has 1 aliphatic heterocycles. The van der Waals surface area contributed by atoms with E-state index in [1.165, 1.54) is 12.1 Å². The lowest BCUT2D eigenvalue weighted by Gasteiger charge is -2.33. The zero-order valence-electron chi connectivity index (χ0n) is 25.2. The molecule has 2 amide bonds. The molecule has 2 N–H and O–H groups in total. The van der Waals surface area contributed by atoms with Crippen molar-refractivity contribution in [2.45, 2.75) is 55.8 Å². The summed E-state index contributed by atoms with van der Waals surface area (Å²) in [5.74, 6) is -2.70. The number of aryl methyl sites for hydroxylation is 1. The highest BCUT2D eigenvalue weighted by molar-refractivity contribution is 7.90. The molecule has 0 bridgehead atoms. The Labute approximate surface area is 267 Å². The van der Waals surface area contributed by atoms with Crippen LogP contribution in [0.2, 0.25) is 0 Å². The van der Waals surface area contributed by atoms with E-state index in [1.807, 2.05) is 0 Å². The molecule has 2 atom stereocenters. The monoisotopic (exact) mass is 678 g/mol. The van der Waals surface area contributed by atoms with Crippen LogP contribution in [0, 0.1) is 18.6 Å². The predicted molar refractivity (Wildman–Crippen MR) is 162 cm³/mol. The van der Waals surface area contributed by atoms with Crippen molar-refractivity contribution in [1.82, 2.24) is 24.2 Å². The van der Waals surface area contributed by atoms with Gasteiger partial charge in [0.25, 0.3) is 10.0 Å². The predicted octanol–water partition coefficient (Wildman–Crippen LogP) is 5.71. The van der Waals surface area contributed by atoms with Crippen LogP contribution in [-0.4, -0.2) is 71.7 Å². The van der Waals surface area contributed by atoms with E-state index in [9.17, 15) is 30.8 Å². The molecule has 1 aromatic carbocycles. The molecule has 2 fully saturated rings. The van der Waals surface area contributed by atoms with Crippen molar-refractivity contribution < 1.29 is 39.9 Å². The van der Waals surface area contributed by atoms with Gasteiger partial charge in [-0.1, -0.05) is 17.7 Å². The third-order valence-electron chi connectivity index (χ3n) is 8.33.